The summed E-state index contributed by atoms with van der Waals surface area (Å²) in [5.74, 6) is -0.101. The third-order valence-corrected chi connectivity index (χ3v) is 4.38. The summed E-state index contributed by atoms with van der Waals surface area (Å²) < 4.78 is 5.48. The van der Waals surface area contributed by atoms with Crippen LogP contribution in [-0.4, -0.2) is 31.1 Å². The molecule has 0 radical (unpaired) electrons. The Kier molecular flexibility index (Phi) is 4.73. The summed E-state index contributed by atoms with van der Waals surface area (Å²) in [4.78, 5) is 24.0. The Hall–Kier alpha value is -1.88. The summed E-state index contributed by atoms with van der Waals surface area (Å²) in [6.45, 7) is 1.38. The van der Waals surface area contributed by atoms with Gasteiger partial charge in [-0.25, -0.2) is 0 Å². The highest BCUT2D eigenvalue weighted by Crippen LogP contribution is 2.27. The predicted molar refractivity (Wildman–Crippen MR) is 83.5 cm³/mol. The summed E-state index contributed by atoms with van der Waals surface area (Å²) in [5, 5.41) is 5.82. The molecule has 5 nitrogen and oxygen atoms in total. The minimum atomic E-state index is -0.122. The van der Waals surface area contributed by atoms with Gasteiger partial charge < -0.3 is 15.4 Å². The number of benzene rings is 1. The van der Waals surface area contributed by atoms with Crippen LogP contribution in [0.15, 0.2) is 24.3 Å². The largest absolute Gasteiger partial charge is 0.376 e. The van der Waals surface area contributed by atoms with Crippen LogP contribution in [0, 0.1) is 5.92 Å². The van der Waals surface area contributed by atoms with Crippen molar-refractivity contribution in [2.75, 3.05) is 18.5 Å². The van der Waals surface area contributed by atoms with Crippen molar-refractivity contribution in [3.63, 3.8) is 0 Å². The van der Waals surface area contributed by atoms with Crippen molar-refractivity contribution in [3.8, 4) is 0 Å². The molecule has 2 aliphatic heterocycles. The van der Waals surface area contributed by atoms with Gasteiger partial charge in [0.05, 0.1) is 6.10 Å². The average molecular weight is 302 g/mol. The number of fused-ring (bicyclic) bond motifs is 1. The summed E-state index contributed by atoms with van der Waals surface area (Å²) in [5.41, 5.74) is 2.04. The summed E-state index contributed by atoms with van der Waals surface area (Å²) in [7, 11) is 0. The number of hydrogen-bond donors (Lipinski definition) is 2. The number of amides is 2. The Labute approximate surface area is 130 Å². The standard InChI is InChI=1S/C17H22N2O3/c20-16(18-11-14-5-3-9-22-14)8-7-13-10-12-4-1-2-6-15(12)19-17(13)21/h1-2,4,6,13-14H,3,5,7-11H2,(H,18,20)(H,19,21)/t13-,14+/m0/s1. The number of para-hydroxylation sites is 1. The minimum Gasteiger partial charge on any atom is -0.376 e. The van der Waals surface area contributed by atoms with E-state index in [1.807, 2.05) is 24.3 Å². The van der Waals surface area contributed by atoms with Gasteiger partial charge >= 0.3 is 0 Å². The van der Waals surface area contributed by atoms with E-state index < -0.39 is 0 Å². The lowest BCUT2D eigenvalue weighted by molar-refractivity contribution is -0.123. The molecule has 2 N–H and O–H groups in total. The maximum absolute atomic E-state index is 12.1. The third-order valence-electron chi connectivity index (χ3n) is 4.38. The zero-order chi connectivity index (χ0) is 15.4. The number of anilines is 1. The molecule has 3 rings (SSSR count). The van der Waals surface area contributed by atoms with Gasteiger partial charge in [-0.3, -0.25) is 9.59 Å². The molecule has 2 heterocycles. The van der Waals surface area contributed by atoms with Gasteiger partial charge in [-0.2, -0.15) is 0 Å². The topological polar surface area (TPSA) is 67.4 Å². The maximum atomic E-state index is 12.1. The van der Waals surface area contributed by atoms with E-state index in [0.29, 0.717) is 25.8 Å². The van der Waals surface area contributed by atoms with Gasteiger partial charge in [-0.05, 0) is 37.3 Å². The molecule has 118 valence electrons. The molecule has 0 aliphatic carbocycles. The van der Waals surface area contributed by atoms with Crippen LogP contribution in [0.1, 0.15) is 31.2 Å². The first kappa shape index (κ1) is 15.0. The van der Waals surface area contributed by atoms with E-state index in [4.69, 9.17) is 4.74 Å². The fraction of sp³-hybridized carbons (Fsp3) is 0.529. The van der Waals surface area contributed by atoms with E-state index in [1.54, 1.807) is 0 Å². The Morgan fingerprint density at radius 1 is 1.36 bits per heavy atom. The predicted octanol–water partition coefficient (Wildman–Crippen LogP) is 1.87. The second-order valence-electron chi connectivity index (χ2n) is 6.03. The van der Waals surface area contributed by atoms with Crippen LogP contribution in [-0.2, 0) is 20.7 Å². The van der Waals surface area contributed by atoms with Crippen LogP contribution in [0.3, 0.4) is 0 Å². The van der Waals surface area contributed by atoms with Gasteiger partial charge in [0.15, 0.2) is 0 Å². The van der Waals surface area contributed by atoms with Crippen molar-refractivity contribution < 1.29 is 14.3 Å². The first-order valence-corrected chi connectivity index (χ1v) is 7.99. The molecular weight excluding hydrogens is 280 g/mol. The molecule has 5 heteroatoms. The van der Waals surface area contributed by atoms with Gasteiger partial charge in [0.1, 0.15) is 0 Å². The van der Waals surface area contributed by atoms with Gasteiger partial charge in [0.25, 0.3) is 0 Å². The number of rotatable bonds is 5. The number of carbonyl (C=O) groups excluding carboxylic acids is 2. The quantitative estimate of drug-likeness (QED) is 0.872. The van der Waals surface area contributed by atoms with Crippen molar-refractivity contribution in [2.45, 2.75) is 38.2 Å². The van der Waals surface area contributed by atoms with E-state index in [1.165, 1.54) is 0 Å². The van der Waals surface area contributed by atoms with Crippen molar-refractivity contribution in [3.05, 3.63) is 29.8 Å². The molecule has 1 aromatic carbocycles. The Balaban J connectivity index is 1.45. The van der Waals surface area contributed by atoms with Crippen molar-refractivity contribution in [1.29, 1.82) is 0 Å². The highest BCUT2D eigenvalue weighted by atomic mass is 16.5. The van der Waals surface area contributed by atoms with Crippen molar-refractivity contribution in [1.82, 2.24) is 5.32 Å². The molecule has 1 saturated heterocycles. The zero-order valence-electron chi connectivity index (χ0n) is 12.6. The molecule has 0 bridgehead atoms. The molecular formula is C17H22N2O3. The van der Waals surface area contributed by atoms with Gasteiger partial charge in [0, 0.05) is 31.2 Å². The Morgan fingerprint density at radius 3 is 3.05 bits per heavy atom. The first-order chi connectivity index (χ1) is 10.7. The molecule has 0 spiro atoms. The molecule has 2 amide bonds. The number of carbonyl (C=O) groups is 2. The summed E-state index contributed by atoms with van der Waals surface area (Å²) in [6.07, 6.45) is 3.92. The fourth-order valence-corrected chi connectivity index (χ4v) is 3.07. The first-order valence-electron chi connectivity index (χ1n) is 7.99. The maximum Gasteiger partial charge on any atom is 0.227 e. The fourth-order valence-electron chi connectivity index (χ4n) is 3.07. The molecule has 2 aliphatic rings. The molecule has 2 atom stereocenters. The van der Waals surface area contributed by atoms with E-state index in [9.17, 15) is 9.59 Å². The normalized spacial score (nSPS) is 23.7. The molecule has 1 fully saturated rings. The smallest absolute Gasteiger partial charge is 0.227 e. The van der Waals surface area contributed by atoms with Crippen LogP contribution < -0.4 is 10.6 Å². The lowest BCUT2D eigenvalue weighted by atomic mass is 9.89. The number of ether oxygens (including phenoxy) is 1. The van der Waals surface area contributed by atoms with Crippen LogP contribution in [0.5, 0.6) is 0 Å². The summed E-state index contributed by atoms with van der Waals surface area (Å²) >= 11 is 0. The molecule has 1 aromatic rings. The molecule has 22 heavy (non-hydrogen) atoms. The lowest BCUT2D eigenvalue weighted by Crippen LogP contribution is -2.34. The molecule has 0 aromatic heterocycles. The van der Waals surface area contributed by atoms with E-state index in [-0.39, 0.29) is 23.8 Å². The van der Waals surface area contributed by atoms with Crippen LogP contribution >= 0.6 is 0 Å². The molecule has 0 unspecified atom stereocenters. The average Bonchev–Trinajstić information content (AvgIpc) is 3.04. The lowest BCUT2D eigenvalue weighted by Gasteiger charge is -2.24. The zero-order valence-corrected chi connectivity index (χ0v) is 12.6. The Morgan fingerprint density at radius 2 is 2.23 bits per heavy atom. The minimum absolute atomic E-state index is 0.00200. The van der Waals surface area contributed by atoms with Crippen LogP contribution in [0.25, 0.3) is 0 Å². The number of hydrogen-bond acceptors (Lipinski definition) is 3. The van der Waals surface area contributed by atoms with E-state index in [2.05, 4.69) is 10.6 Å². The Bertz CT molecular complexity index is 553. The van der Waals surface area contributed by atoms with Crippen LogP contribution in [0.2, 0.25) is 0 Å². The molecule has 0 saturated carbocycles. The van der Waals surface area contributed by atoms with Gasteiger partial charge in [-0.1, -0.05) is 18.2 Å². The second kappa shape index (κ2) is 6.92. The SMILES string of the molecule is O=C(CC[C@H]1Cc2ccccc2NC1=O)NC[C@H]1CCCO1. The van der Waals surface area contributed by atoms with Crippen molar-refractivity contribution in [2.24, 2.45) is 5.92 Å². The highest BCUT2D eigenvalue weighted by molar-refractivity contribution is 5.96. The van der Waals surface area contributed by atoms with Crippen molar-refractivity contribution >= 4 is 17.5 Å². The van der Waals surface area contributed by atoms with E-state index >= 15 is 0 Å². The highest BCUT2D eigenvalue weighted by Gasteiger charge is 2.26. The van der Waals surface area contributed by atoms with Crippen LogP contribution in [0.4, 0.5) is 5.69 Å². The second-order valence-corrected chi connectivity index (χ2v) is 6.03. The van der Waals surface area contributed by atoms with E-state index in [0.717, 1.165) is 30.7 Å². The summed E-state index contributed by atoms with van der Waals surface area (Å²) in [6, 6.07) is 7.83. The monoisotopic (exact) mass is 302 g/mol. The number of nitrogens with one attached hydrogen (secondary N) is 2. The third kappa shape index (κ3) is 3.65. The van der Waals surface area contributed by atoms with Gasteiger partial charge in [-0.15, -0.1) is 0 Å². The van der Waals surface area contributed by atoms with Gasteiger partial charge in [0.2, 0.25) is 11.8 Å².